The Morgan fingerprint density at radius 1 is 1.09 bits per heavy atom. The van der Waals surface area contributed by atoms with Crippen LogP contribution in [-0.2, 0) is 4.74 Å². The highest BCUT2D eigenvalue weighted by Crippen LogP contribution is 2.19. The molecule has 11 heteroatoms. The number of amides is 1. The van der Waals surface area contributed by atoms with Crippen molar-refractivity contribution in [1.82, 2.24) is 19.9 Å². The number of nitrogens with zero attached hydrogens (tertiary/aromatic N) is 5. The molecule has 0 atom stereocenters. The SMILES string of the molecule is COCCN(C)C(=O)c1ccc(-c2ccnc(NCCNc3ccc([N+](=O)[O-])cn3)n2)cc1. The van der Waals surface area contributed by atoms with E-state index in [1.165, 1.54) is 12.3 Å². The number of nitrogens with one attached hydrogen (secondary N) is 2. The molecule has 1 amide bonds. The molecule has 0 aliphatic rings. The zero-order chi connectivity index (χ0) is 23.6. The number of carbonyl (C=O) groups is 1. The number of pyridine rings is 1. The third-order valence-corrected chi connectivity index (χ3v) is 4.73. The van der Waals surface area contributed by atoms with E-state index in [2.05, 4.69) is 25.6 Å². The first-order valence-corrected chi connectivity index (χ1v) is 10.2. The lowest BCUT2D eigenvalue weighted by Gasteiger charge is -2.16. The summed E-state index contributed by atoms with van der Waals surface area (Å²) in [5, 5.41) is 16.9. The molecule has 0 saturated heterocycles. The maximum atomic E-state index is 12.4. The van der Waals surface area contributed by atoms with Crippen molar-refractivity contribution in [3.8, 4) is 11.3 Å². The molecular formula is C22H25N7O4. The zero-order valence-electron chi connectivity index (χ0n) is 18.4. The van der Waals surface area contributed by atoms with Crippen LogP contribution in [0.15, 0.2) is 54.9 Å². The van der Waals surface area contributed by atoms with Crippen LogP contribution < -0.4 is 10.6 Å². The minimum atomic E-state index is -0.491. The highest BCUT2D eigenvalue weighted by Gasteiger charge is 2.12. The maximum Gasteiger partial charge on any atom is 0.287 e. The van der Waals surface area contributed by atoms with Crippen molar-refractivity contribution in [2.24, 2.45) is 0 Å². The molecule has 0 saturated carbocycles. The average Bonchev–Trinajstić information content (AvgIpc) is 2.85. The Morgan fingerprint density at radius 2 is 1.85 bits per heavy atom. The van der Waals surface area contributed by atoms with Gasteiger partial charge in [0.15, 0.2) is 0 Å². The Bertz CT molecular complexity index is 1070. The number of nitro groups is 1. The Morgan fingerprint density at radius 3 is 2.52 bits per heavy atom. The number of hydrogen-bond acceptors (Lipinski definition) is 9. The molecule has 0 fully saturated rings. The Labute approximate surface area is 191 Å². The maximum absolute atomic E-state index is 12.4. The third kappa shape index (κ3) is 6.68. The van der Waals surface area contributed by atoms with Crippen LogP contribution in [0, 0.1) is 10.1 Å². The first-order valence-electron chi connectivity index (χ1n) is 10.2. The molecule has 0 aliphatic heterocycles. The summed E-state index contributed by atoms with van der Waals surface area (Å²) in [5.41, 5.74) is 2.13. The summed E-state index contributed by atoms with van der Waals surface area (Å²) in [6, 6.07) is 12.0. The van der Waals surface area contributed by atoms with Gasteiger partial charge in [0.05, 0.1) is 17.2 Å². The molecular weight excluding hydrogens is 426 g/mol. The number of anilines is 2. The van der Waals surface area contributed by atoms with Crippen LogP contribution in [0.4, 0.5) is 17.5 Å². The molecule has 3 aromatic rings. The standard InChI is InChI=1S/C22H25N7O4/c1-28(13-14-33-2)21(30)17-5-3-16(4-6-17)19-9-10-24-22(27-19)25-12-11-23-20-8-7-18(15-26-20)29(31)32/h3-10,15H,11-14H2,1-2H3,(H,23,26)(H,24,25,27). The number of likely N-dealkylation sites (N-methyl/N-ethyl adjacent to an activating group) is 1. The smallest absolute Gasteiger partial charge is 0.287 e. The number of aromatic nitrogens is 3. The average molecular weight is 451 g/mol. The predicted molar refractivity (Wildman–Crippen MR) is 124 cm³/mol. The second kappa shape index (κ2) is 11.5. The highest BCUT2D eigenvalue weighted by molar-refractivity contribution is 5.94. The van der Waals surface area contributed by atoms with Gasteiger partial charge in [-0.05, 0) is 24.3 Å². The van der Waals surface area contributed by atoms with Gasteiger partial charge in [-0.15, -0.1) is 0 Å². The fourth-order valence-corrected chi connectivity index (χ4v) is 2.90. The molecule has 0 unspecified atom stereocenters. The Hall–Kier alpha value is -4.12. The molecule has 172 valence electrons. The second-order valence-electron chi connectivity index (χ2n) is 7.07. The fourth-order valence-electron chi connectivity index (χ4n) is 2.90. The van der Waals surface area contributed by atoms with Crippen LogP contribution in [0.5, 0.6) is 0 Å². The van der Waals surface area contributed by atoms with Crippen LogP contribution in [0.2, 0.25) is 0 Å². The Balaban J connectivity index is 1.53. The lowest BCUT2D eigenvalue weighted by molar-refractivity contribution is -0.385. The van der Waals surface area contributed by atoms with Crippen molar-refractivity contribution in [3.63, 3.8) is 0 Å². The summed E-state index contributed by atoms with van der Waals surface area (Å²) in [6.45, 7) is 2.04. The van der Waals surface area contributed by atoms with Crippen LogP contribution in [-0.4, -0.2) is 71.1 Å². The van der Waals surface area contributed by atoms with E-state index in [0.29, 0.717) is 43.6 Å². The second-order valence-corrected chi connectivity index (χ2v) is 7.07. The van der Waals surface area contributed by atoms with Crippen molar-refractivity contribution in [1.29, 1.82) is 0 Å². The monoisotopic (exact) mass is 451 g/mol. The molecule has 11 nitrogen and oxygen atoms in total. The molecule has 0 aliphatic carbocycles. The highest BCUT2D eigenvalue weighted by atomic mass is 16.6. The Kier molecular flexibility index (Phi) is 8.19. The number of methoxy groups -OCH3 is 1. The first-order chi connectivity index (χ1) is 16.0. The van der Waals surface area contributed by atoms with Gasteiger partial charge in [0.1, 0.15) is 12.0 Å². The quantitative estimate of drug-likeness (QED) is 0.256. The van der Waals surface area contributed by atoms with Crippen LogP contribution in [0.3, 0.4) is 0 Å². The van der Waals surface area contributed by atoms with Gasteiger partial charge in [-0.3, -0.25) is 14.9 Å². The third-order valence-electron chi connectivity index (χ3n) is 4.73. The predicted octanol–water partition coefficient (Wildman–Crippen LogP) is 2.69. The van der Waals surface area contributed by atoms with E-state index in [1.54, 1.807) is 49.5 Å². The lowest BCUT2D eigenvalue weighted by Crippen LogP contribution is -2.29. The molecule has 2 N–H and O–H groups in total. The molecule has 0 radical (unpaired) electrons. The van der Waals surface area contributed by atoms with E-state index in [-0.39, 0.29) is 11.6 Å². The van der Waals surface area contributed by atoms with Gasteiger partial charge in [-0.1, -0.05) is 12.1 Å². The van der Waals surface area contributed by atoms with E-state index in [9.17, 15) is 14.9 Å². The van der Waals surface area contributed by atoms with Gasteiger partial charge in [0.2, 0.25) is 5.95 Å². The summed E-state index contributed by atoms with van der Waals surface area (Å²) >= 11 is 0. The van der Waals surface area contributed by atoms with E-state index >= 15 is 0 Å². The van der Waals surface area contributed by atoms with Gasteiger partial charge < -0.3 is 20.3 Å². The number of rotatable bonds is 11. The van der Waals surface area contributed by atoms with Crippen molar-refractivity contribution >= 4 is 23.4 Å². The fraction of sp³-hybridized carbons (Fsp3) is 0.273. The molecule has 33 heavy (non-hydrogen) atoms. The van der Waals surface area contributed by atoms with Gasteiger partial charge in [0.25, 0.3) is 11.6 Å². The largest absolute Gasteiger partial charge is 0.383 e. The topological polar surface area (TPSA) is 135 Å². The van der Waals surface area contributed by atoms with Crippen LogP contribution in [0.25, 0.3) is 11.3 Å². The van der Waals surface area contributed by atoms with E-state index in [0.717, 1.165) is 11.3 Å². The summed E-state index contributed by atoms with van der Waals surface area (Å²) in [6.07, 6.45) is 2.87. The van der Waals surface area contributed by atoms with Crippen molar-refractivity contribution in [2.75, 3.05) is 51.0 Å². The van der Waals surface area contributed by atoms with E-state index in [4.69, 9.17) is 4.74 Å². The van der Waals surface area contributed by atoms with Gasteiger partial charge in [0, 0.05) is 57.2 Å². The molecule has 2 aromatic heterocycles. The lowest BCUT2D eigenvalue weighted by atomic mass is 10.1. The number of hydrogen-bond donors (Lipinski definition) is 2. The summed E-state index contributed by atoms with van der Waals surface area (Å²) in [4.78, 5) is 37.0. The minimum absolute atomic E-state index is 0.0561. The molecule has 3 rings (SSSR count). The van der Waals surface area contributed by atoms with Gasteiger partial charge in [-0.25, -0.2) is 15.0 Å². The molecule has 1 aromatic carbocycles. The molecule has 0 spiro atoms. The van der Waals surface area contributed by atoms with Crippen molar-refractivity contribution in [3.05, 3.63) is 70.5 Å². The summed E-state index contributed by atoms with van der Waals surface area (Å²) in [7, 11) is 3.34. The van der Waals surface area contributed by atoms with Gasteiger partial charge in [-0.2, -0.15) is 0 Å². The normalized spacial score (nSPS) is 10.5. The van der Waals surface area contributed by atoms with Gasteiger partial charge >= 0.3 is 0 Å². The van der Waals surface area contributed by atoms with E-state index in [1.807, 2.05) is 12.1 Å². The van der Waals surface area contributed by atoms with E-state index < -0.39 is 4.92 Å². The summed E-state index contributed by atoms with van der Waals surface area (Å²) in [5.74, 6) is 0.934. The molecule has 0 bridgehead atoms. The van der Waals surface area contributed by atoms with Crippen LogP contribution >= 0.6 is 0 Å². The van der Waals surface area contributed by atoms with Crippen molar-refractivity contribution < 1.29 is 14.5 Å². The zero-order valence-corrected chi connectivity index (χ0v) is 18.4. The number of benzene rings is 1. The van der Waals surface area contributed by atoms with Crippen LogP contribution in [0.1, 0.15) is 10.4 Å². The number of carbonyl (C=O) groups excluding carboxylic acids is 1. The number of ether oxygens (including phenoxy) is 1. The molecule has 2 heterocycles. The first kappa shape index (κ1) is 23.5. The van der Waals surface area contributed by atoms with Crippen molar-refractivity contribution in [2.45, 2.75) is 0 Å². The summed E-state index contributed by atoms with van der Waals surface area (Å²) < 4.78 is 5.01. The minimum Gasteiger partial charge on any atom is -0.383 e.